The molecular weight excluding hydrogens is 240 g/mol. The zero-order chi connectivity index (χ0) is 13.4. The topological polar surface area (TPSA) is 76.2 Å². The van der Waals surface area contributed by atoms with Gasteiger partial charge in [0, 0.05) is 11.6 Å². The van der Waals surface area contributed by atoms with E-state index in [-0.39, 0.29) is 0 Å². The van der Waals surface area contributed by atoms with Crippen molar-refractivity contribution in [3.8, 4) is 0 Å². The Morgan fingerprint density at radius 2 is 1.84 bits per heavy atom. The number of aromatic nitrogens is 1. The Morgan fingerprint density at radius 3 is 2.53 bits per heavy atom. The Morgan fingerprint density at radius 1 is 1.16 bits per heavy atom. The Hall–Kier alpha value is -1.58. The molecule has 0 bridgehead atoms. The van der Waals surface area contributed by atoms with Crippen molar-refractivity contribution in [1.82, 2.24) is 4.98 Å². The molecule has 0 spiro atoms. The summed E-state index contributed by atoms with van der Waals surface area (Å²) in [5, 5.41) is 9.48. The Balaban J connectivity index is 2.15. The second kappa shape index (κ2) is 4.83. The first-order chi connectivity index (χ1) is 9.18. The Labute approximate surface area is 113 Å². The van der Waals surface area contributed by atoms with Gasteiger partial charge in [-0.25, -0.2) is 4.79 Å². The maximum atomic E-state index is 11.6. The maximum Gasteiger partial charge on any atom is 0.338 e. The molecule has 2 aliphatic rings. The van der Waals surface area contributed by atoms with Gasteiger partial charge >= 0.3 is 5.97 Å². The fourth-order valence-electron chi connectivity index (χ4n) is 3.53. The number of hydrogen-bond acceptors (Lipinski definition) is 3. The van der Waals surface area contributed by atoms with Crippen molar-refractivity contribution < 1.29 is 9.90 Å². The predicted octanol–water partition coefficient (Wildman–Crippen LogP) is 2.90. The van der Waals surface area contributed by atoms with Gasteiger partial charge in [0.25, 0.3) is 0 Å². The van der Waals surface area contributed by atoms with Crippen LogP contribution in [0.1, 0.15) is 71.8 Å². The second-order valence-electron chi connectivity index (χ2n) is 5.70. The van der Waals surface area contributed by atoms with Crippen molar-refractivity contribution in [2.75, 3.05) is 5.73 Å². The lowest BCUT2D eigenvalue weighted by Gasteiger charge is -2.22. The quantitative estimate of drug-likeness (QED) is 0.857. The molecule has 0 aromatic carbocycles. The van der Waals surface area contributed by atoms with Crippen molar-refractivity contribution in [2.24, 2.45) is 0 Å². The number of carboxylic acid groups (broad SMARTS) is 1. The summed E-state index contributed by atoms with van der Waals surface area (Å²) < 4.78 is 0. The molecule has 3 N–H and O–H groups in total. The minimum atomic E-state index is -0.891. The molecule has 4 heteroatoms. The summed E-state index contributed by atoms with van der Waals surface area (Å²) in [7, 11) is 0. The molecule has 102 valence electrons. The number of anilines is 1. The lowest BCUT2D eigenvalue weighted by molar-refractivity contribution is 0.0696. The van der Waals surface area contributed by atoms with E-state index >= 15 is 0 Å². The van der Waals surface area contributed by atoms with Crippen LogP contribution in [0.4, 0.5) is 5.69 Å². The van der Waals surface area contributed by atoms with Gasteiger partial charge in [0.15, 0.2) is 0 Å². The van der Waals surface area contributed by atoms with E-state index in [1.165, 1.54) is 12.8 Å². The van der Waals surface area contributed by atoms with Crippen molar-refractivity contribution in [3.05, 3.63) is 22.5 Å². The first-order valence-electron chi connectivity index (χ1n) is 7.23. The van der Waals surface area contributed by atoms with Crippen LogP contribution in [0, 0.1) is 0 Å². The molecule has 1 aromatic heterocycles. The van der Waals surface area contributed by atoms with E-state index < -0.39 is 5.97 Å². The molecule has 1 saturated carbocycles. The van der Waals surface area contributed by atoms with Crippen molar-refractivity contribution in [1.29, 1.82) is 0 Å². The molecule has 1 aromatic rings. The molecule has 2 aliphatic carbocycles. The third-order valence-corrected chi connectivity index (χ3v) is 4.50. The number of nitrogen functional groups attached to an aromatic ring is 1. The molecule has 1 heterocycles. The second-order valence-corrected chi connectivity index (χ2v) is 5.70. The number of hydrogen-bond donors (Lipinski definition) is 2. The predicted molar refractivity (Wildman–Crippen MR) is 73.5 cm³/mol. The maximum absolute atomic E-state index is 11.6. The highest BCUT2D eigenvalue weighted by Gasteiger charge is 2.28. The fraction of sp³-hybridized carbons (Fsp3) is 0.600. The molecule has 4 nitrogen and oxygen atoms in total. The van der Waals surface area contributed by atoms with Crippen LogP contribution >= 0.6 is 0 Å². The molecule has 0 unspecified atom stereocenters. The highest BCUT2D eigenvalue weighted by molar-refractivity contribution is 5.96. The first-order valence-corrected chi connectivity index (χ1v) is 7.23. The van der Waals surface area contributed by atoms with Gasteiger partial charge in [0.05, 0.1) is 16.9 Å². The van der Waals surface area contributed by atoms with Crippen LogP contribution in [-0.2, 0) is 12.8 Å². The zero-order valence-electron chi connectivity index (χ0n) is 11.1. The number of rotatable bonds is 2. The van der Waals surface area contributed by atoms with Gasteiger partial charge in [0.1, 0.15) is 0 Å². The van der Waals surface area contributed by atoms with Crippen LogP contribution in [-0.4, -0.2) is 16.1 Å². The third-order valence-electron chi connectivity index (χ3n) is 4.50. The van der Waals surface area contributed by atoms with Crippen LogP contribution in [0.5, 0.6) is 0 Å². The first kappa shape index (κ1) is 12.5. The number of aryl methyl sites for hydroxylation is 1. The van der Waals surface area contributed by atoms with Gasteiger partial charge < -0.3 is 10.8 Å². The van der Waals surface area contributed by atoms with Gasteiger partial charge in [-0.2, -0.15) is 0 Å². The SMILES string of the molecule is Nc1c(C2CCCC2)nc2c(c1C(=O)O)CCCC2. The van der Waals surface area contributed by atoms with Gasteiger partial charge in [-0.15, -0.1) is 0 Å². The minimum absolute atomic E-state index is 0.339. The van der Waals surface area contributed by atoms with Gasteiger partial charge in [-0.1, -0.05) is 12.8 Å². The molecule has 1 fully saturated rings. The molecule has 0 aliphatic heterocycles. The summed E-state index contributed by atoms with van der Waals surface area (Å²) in [5.74, 6) is -0.525. The monoisotopic (exact) mass is 260 g/mol. The standard InChI is InChI=1S/C15H20N2O2/c16-13-12(15(18)19)10-7-3-4-8-11(10)17-14(13)9-5-1-2-6-9/h9H,1-8,16H2,(H,18,19). The number of pyridine rings is 1. The smallest absolute Gasteiger partial charge is 0.338 e. The molecular formula is C15H20N2O2. The molecule has 3 rings (SSSR count). The Kier molecular flexibility index (Phi) is 3.17. The number of fused-ring (bicyclic) bond motifs is 1. The average molecular weight is 260 g/mol. The van der Waals surface area contributed by atoms with E-state index in [2.05, 4.69) is 0 Å². The average Bonchev–Trinajstić information content (AvgIpc) is 2.91. The minimum Gasteiger partial charge on any atom is -0.478 e. The molecule has 19 heavy (non-hydrogen) atoms. The zero-order valence-corrected chi connectivity index (χ0v) is 11.1. The largest absolute Gasteiger partial charge is 0.478 e. The summed E-state index contributed by atoms with van der Waals surface area (Å²) in [6.07, 6.45) is 8.43. The summed E-state index contributed by atoms with van der Waals surface area (Å²) in [5.41, 5.74) is 9.64. The Bertz CT molecular complexity index is 519. The number of nitrogens with two attached hydrogens (primary N) is 1. The van der Waals surface area contributed by atoms with Crippen molar-refractivity contribution in [3.63, 3.8) is 0 Å². The van der Waals surface area contributed by atoms with Crippen LogP contribution < -0.4 is 5.73 Å². The van der Waals surface area contributed by atoms with E-state index in [9.17, 15) is 9.90 Å². The van der Waals surface area contributed by atoms with Gasteiger partial charge in [0.2, 0.25) is 0 Å². The van der Waals surface area contributed by atoms with Crippen molar-refractivity contribution >= 4 is 11.7 Å². The summed E-state index contributed by atoms with van der Waals surface area (Å²) >= 11 is 0. The molecule has 0 amide bonds. The highest BCUT2D eigenvalue weighted by atomic mass is 16.4. The number of nitrogens with zero attached hydrogens (tertiary/aromatic N) is 1. The van der Waals surface area contributed by atoms with Crippen LogP contribution in [0.15, 0.2) is 0 Å². The van der Waals surface area contributed by atoms with Crippen LogP contribution in [0.3, 0.4) is 0 Å². The van der Waals surface area contributed by atoms with E-state index in [1.54, 1.807) is 0 Å². The van der Waals surface area contributed by atoms with Gasteiger partial charge in [-0.3, -0.25) is 4.98 Å². The van der Waals surface area contributed by atoms with Gasteiger partial charge in [-0.05, 0) is 44.1 Å². The highest BCUT2D eigenvalue weighted by Crippen LogP contribution is 2.39. The van der Waals surface area contributed by atoms with E-state index in [1.807, 2.05) is 0 Å². The number of carbonyl (C=O) groups is 1. The van der Waals surface area contributed by atoms with Crippen LogP contribution in [0.2, 0.25) is 0 Å². The van der Waals surface area contributed by atoms with E-state index in [4.69, 9.17) is 10.7 Å². The molecule has 0 atom stereocenters. The lowest BCUT2D eigenvalue weighted by atomic mass is 9.88. The fourth-order valence-corrected chi connectivity index (χ4v) is 3.53. The summed E-state index contributed by atoms with van der Waals surface area (Å²) in [6.45, 7) is 0. The summed E-state index contributed by atoms with van der Waals surface area (Å²) in [4.78, 5) is 16.3. The number of carboxylic acids is 1. The number of aromatic carboxylic acids is 1. The lowest BCUT2D eigenvalue weighted by Crippen LogP contribution is -2.18. The normalized spacial score (nSPS) is 19.4. The molecule has 0 radical (unpaired) electrons. The van der Waals surface area contributed by atoms with E-state index in [0.717, 1.165) is 55.5 Å². The summed E-state index contributed by atoms with van der Waals surface area (Å²) in [6, 6.07) is 0. The van der Waals surface area contributed by atoms with Crippen LogP contribution in [0.25, 0.3) is 0 Å². The molecule has 0 saturated heterocycles. The third kappa shape index (κ3) is 2.09. The van der Waals surface area contributed by atoms with Crippen molar-refractivity contribution in [2.45, 2.75) is 57.3 Å². The van der Waals surface area contributed by atoms with E-state index in [0.29, 0.717) is 17.2 Å².